The second-order valence-electron chi connectivity index (χ2n) is 5.86. The minimum atomic E-state index is -0.459. The maximum atomic E-state index is 10.9. The maximum Gasteiger partial charge on any atom is 0.0953 e. The largest absolute Gasteiger partial charge is 0.387 e. The number of thiophene rings is 1. The predicted octanol–water partition coefficient (Wildman–Crippen LogP) is 3.22. The molecule has 0 aliphatic heterocycles. The van der Waals surface area contributed by atoms with Crippen LogP contribution in [0.4, 0.5) is 0 Å². The molecule has 0 saturated heterocycles. The number of aliphatic hydroxyl groups excluding tert-OH is 1. The molecule has 0 amide bonds. The first-order valence-electron chi connectivity index (χ1n) is 7.16. The maximum absolute atomic E-state index is 10.9. The lowest BCUT2D eigenvalue weighted by Crippen LogP contribution is -2.41. The molecule has 1 heterocycles. The molecule has 1 aromatic heterocycles. The van der Waals surface area contributed by atoms with Gasteiger partial charge in [0.1, 0.15) is 0 Å². The van der Waals surface area contributed by atoms with Gasteiger partial charge < -0.3 is 10.8 Å². The van der Waals surface area contributed by atoms with Gasteiger partial charge >= 0.3 is 0 Å². The van der Waals surface area contributed by atoms with Gasteiger partial charge in [-0.25, -0.2) is 0 Å². The topological polar surface area (TPSA) is 46.2 Å². The van der Waals surface area contributed by atoms with Crippen molar-refractivity contribution in [3.63, 3.8) is 0 Å². The number of fused-ring (bicyclic) bond motifs is 1. The van der Waals surface area contributed by atoms with Crippen molar-refractivity contribution in [1.29, 1.82) is 0 Å². The van der Waals surface area contributed by atoms with E-state index in [1.165, 1.54) is 16.0 Å². The Kier molecular flexibility index (Phi) is 3.67. The number of rotatable bonds is 3. The summed E-state index contributed by atoms with van der Waals surface area (Å²) in [5.41, 5.74) is 8.62. The van der Waals surface area contributed by atoms with Crippen LogP contribution in [0.1, 0.15) is 33.4 Å². The number of hydrogen-bond donors (Lipinski definition) is 2. The van der Waals surface area contributed by atoms with Crippen molar-refractivity contribution in [3.05, 3.63) is 57.3 Å². The molecule has 1 aliphatic carbocycles. The van der Waals surface area contributed by atoms with Crippen LogP contribution in [0, 0.1) is 12.3 Å². The van der Waals surface area contributed by atoms with Gasteiger partial charge in [0, 0.05) is 21.7 Å². The van der Waals surface area contributed by atoms with Crippen LogP contribution in [0.15, 0.2) is 36.4 Å². The summed E-state index contributed by atoms with van der Waals surface area (Å²) in [4.78, 5) is 2.29. The molecule has 2 unspecified atom stereocenters. The molecule has 3 heteroatoms. The van der Waals surface area contributed by atoms with E-state index in [4.69, 9.17) is 5.73 Å². The normalized spacial score (nSPS) is 23.4. The zero-order valence-corrected chi connectivity index (χ0v) is 12.6. The minimum absolute atomic E-state index is 0.217. The monoisotopic (exact) mass is 287 g/mol. The van der Waals surface area contributed by atoms with E-state index >= 15 is 0 Å². The van der Waals surface area contributed by atoms with Crippen LogP contribution in [0.5, 0.6) is 0 Å². The molecule has 2 aromatic rings. The Balaban J connectivity index is 1.93. The molecule has 3 N–H and O–H groups in total. The van der Waals surface area contributed by atoms with Gasteiger partial charge in [-0.2, -0.15) is 0 Å². The number of nitrogens with two attached hydrogens (primary N) is 1. The predicted molar refractivity (Wildman–Crippen MR) is 84.0 cm³/mol. The van der Waals surface area contributed by atoms with Gasteiger partial charge in [0.25, 0.3) is 0 Å². The van der Waals surface area contributed by atoms with E-state index in [1.807, 2.05) is 6.07 Å². The summed E-state index contributed by atoms with van der Waals surface area (Å²) in [6.07, 6.45) is 2.38. The van der Waals surface area contributed by atoms with E-state index in [9.17, 15) is 5.11 Å². The summed E-state index contributed by atoms with van der Waals surface area (Å²) in [7, 11) is 0. The standard InChI is InChI=1S/C17H21NOS/c1-12-6-7-15(20-12)16(19)17(11-18)9-8-13-4-2-3-5-14(13)10-17/h2-7,16,19H,8-11,18H2,1H3. The first-order chi connectivity index (χ1) is 9.64. The lowest BCUT2D eigenvalue weighted by Gasteiger charge is -2.40. The third-order valence-electron chi connectivity index (χ3n) is 4.57. The molecule has 106 valence electrons. The number of benzene rings is 1. The molecular weight excluding hydrogens is 266 g/mol. The van der Waals surface area contributed by atoms with E-state index in [0.717, 1.165) is 24.1 Å². The third-order valence-corrected chi connectivity index (χ3v) is 5.62. The third kappa shape index (κ3) is 2.30. The smallest absolute Gasteiger partial charge is 0.0953 e. The van der Waals surface area contributed by atoms with E-state index in [1.54, 1.807) is 11.3 Å². The fourth-order valence-electron chi connectivity index (χ4n) is 3.25. The molecule has 20 heavy (non-hydrogen) atoms. The van der Waals surface area contributed by atoms with Crippen molar-refractivity contribution >= 4 is 11.3 Å². The highest BCUT2D eigenvalue weighted by molar-refractivity contribution is 7.12. The molecule has 3 rings (SSSR count). The zero-order valence-electron chi connectivity index (χ0n) is 11.8. The lowest BCUT2D eigenvalue weighted by atomic mass is 9.68. The number of hydrogen-bond acceptors (Lipinski definition) is 3. The lowest BCUT2D eigenvalue weighted by molar-refractivity contribution is 0.0204. The quantitative estimate of drug-likeness (QED) is 0.910. The number of aryl methyl sites for hydroxylation is 2. The SMILES string of the molecule is Cc1ccc(C(O)C2(CN)CCc3ccccc3C2)s1. The second-order valence-corrected chi connectivity index (χ2v) is 7.18. The molecule has 0 saturated carbocycles. The van der Waals surface area contributed by atoms with Crippen LogP contribution in [0.25, 0.3) is 0 Å². The van der Waals surface area contributed by atoms with Crippen molar-refractivity contribution in [2.45, 2.75) is 32.3 Å². The van der Waals surface area contributed by atoms with Crippen molar-refractivity contribution in [3.8, 4) is 0 Å². The second kappa shape index (κ2) is 5.32. The van der Waals surface area contributed by atoms with E-state index < -0.39 is 6.10 Å². The summed E-state index contributed by atoms with van der Waals surface area (Å²) in [6.45, 7) is 2.60. The Morgan fingerprint density at radius 2 is 2.00 bits per heavy atom. The van der Waals surface area contributed by atoms with Gasteiger partial charge in [-0.15, -0.1) is 11.3 Å². The van der Waals surface area contributed by atoms with Crippen LogP contribution < -0.4 is 5.73 Å². The molecule has 0 bridgehead atoms. The zero-order chi connectivity index (χ0) is 14.2. The Hall–Kier alpha value is -1.16. The highest BCUT2D eigenvalue weighted by Gasteiger charge is 2.40. The Bertz CT molecular complexity index is 607. The van der Waals surface area contributed by atoms with Crippen LogP contribution in [-0.4, -0.2) is 11.7 Å². The van der Waals surface area contributed by atoms with Crippen molar-refractivity contribution < 1.29 is 5.11 Å². The van der Waals surface area contributed by atoms with Gasteiger partial charge in [-0.3, -0.25) is 0 Å². The average molecular weight is 287 g/mol. The van der Waals surface area contributed by atoms with Crippen molar-refractivity contribution in [1.82, 2.24) is 0 Å². The highest BCUT2D eigenvalue weighted by atomic mass is 32.1. The van der Waals surface area contributed by atoms with Gasteiger partial charge in [0.05, 0.1) is 6.10 Å². The van der Waals surface area contributed by atoms with Crippen LogP contribution >= 0.6 is 11.3 Å². The first kappa shape index (κ1) is 13.8. The summed E-state index contributed by atoms with van der Waals surface area (Å²) in [5.74, 6) is 0. The summed E-state index contributed by atoms with van der Waals surface area (Å²) in [6, 6.07) is 12.6. The van der Waals surface area contributed by atoms with E-state index in [0.29, 0.717) is 6.54 Å². The Labute approximate surface area is 124 Å². The Morgan fingerprint density at radius 1 is 1.25 bits per heavy atom. The molecule has 0 radical (unpaired) electrons. The van der Waals surface area contributed by atoms with E-state index in [2.05, 4.69) is 37.3 Å². The molecule has 0 spiro atoms. The van der Waals surface area contributed by atoms with Gasteiger partial charge in [0.15, 0.2) is 0 Å². The fourth-order valence-corrected chi connectivity index (χ4v) is 4.25. The molecule has 2 nitrogen and oxygen atoms in total. The molecule has 1 aliphatic rings. The van der Waals surface area contributed by atoms with Crippen molar-refractivity contribution in [2.75, 3.05) is 6.54 Å². The highest BCUT2D eigenvalue weighted by Crippen LogP contribution is 2.45. The van der Waals surface area contributed by atoms with E-state index in [-0.39, 0.29) is 5.41 Å². The summed E-state index contributed by atoms with van der Waals surface area (Å²) >= 11 is 1.68. The average Bonchev–Trinajstić information content (AvgIpc) is 2.92. The van der Waals surface area contributed by atoms with Gasteiger partial charge in [0.2, 0.25) is 0 Å². The minimum Gasteiger partial charge on any atom is -0.387 e. The summed E-state index contributed by atoms with van der Waals surface area (Å²) in [5, 5.41) is 10.9. The molecular formula is C17H21NOS. The van der Waals surface area contributed by atoms with Crippen LogP contribution in [-0.2, 0) is 12.8 Å². The first-order valence-corrected chi connectivity index (χ1v) is 7.97. The summed E-state index contributed by atoms with van der Waals surface area (Å²) < 4.78 is 0. The van der Waals surface area contributed by atoms with Crippen LogP contribution in [0.3, 0.4) is 0 Å². The van der Waals surface area contributed by atoms with Crippen LogP contribution in [0.2, 0.25) is 0 Å². The van der Waals surface area contributed by atoms with Gasteiger partial charge in [-0.05, 0) is 49.4 Å². The van der Waals surface area contributed by atoms with Gasteiger partial charge in [-0.1, -0.05) is 24.3 Å². The van der Waals surface area contributed by atoms with Crippen molar-refractivity contribution in [2.24, 2.45) is 11.1 Å². The molecule has 2 atom stereocenters. The number of aliphatic hydroxyl groups is 1. The molecule has 1 aromatic carbocycles. The molecule has 0 fully saturated rings. The fraction of sp³-hybridized carbons (Fsp3) is 0.412. The Morgan fingerprint density at radius 3 is 2.65 bits per heavy atom.